The molecule has 2 heterocycles. The Morgan fingerprint density at radius 2 is 1.52 bits per heavy atom. The van der Waals surface area contributed by atoms with Crippen LogP contribution in [0.1, 0.15) is 21.7 Å². The van der Waals surface area contributed by atoms with E-state index in [2.05, 4.69) is 32.4 Å². The minimum atomic E-state index is -0.296. The lowest BCUT2D eigenvalue weighted by Crippen LogP contribution is -2.32. The van der Waals surface area contributed by atoms with E-state index in [1.54, 1.807) is 35.1 Å². The fourth-order valence-electron chi connectivity index (χ4n) is 3.42. The molecule has 2 aromatic carbocycles. The van der Waals surface area contributed by atoms with Crippen molar-refractivity contribution >= 4 is 17.5 Å². The molecule has 0 unspecified atom stereocenters. The Kier molecular flexibility index (Phi) is 5.66. The van der Waals surface area contributed by atoms with E-state index in [1.807, 2.05) is 50.4 Å². The lowest BCUT2D eigenvalue weighted by Gasteiger charge is -2.11. The zero-order chi connectivity index (χ0) is 21.8. The molecule has 31 heavy (non-hydrogen) atoms. The lowest BCUT2D eigenvalue weighted by molar-refractivity contribution is -0.115. The second-order valence-corrected chi connectivity index (χ2v) is 7.23. The lowest BCUT2D eigenvalue weighted by atomic mass is 10.2. The first-order valence-corrected chi connectivity index (χ1v) is 9.95. The molecule has 0 bridgehead atoms. The van der Waals surface area contributed by atoms with E-state index in [0.717, 1.165) is 22.8 Å². The molecule has 0 fully saturated rings. The van der Waals surface area contributed by atoms with Crippen molar-refractivity contribution < 1.29 is 9.59 Å². The standard InChI is InChI=1S/C24H23N5O2/c1-17-4-5-18(2)29(17)22-10-6-19(7-11-22)24(31)25-16-23(30)27-20-8-12-21(13-9-20)28-15-3-14-26-28/h3-15H,16H2,1-2H3,(H,25,31)(H,27,30). The number of hydrogen-bond acceptors (Lipinski definition) is 3. The van der Waals surface area contributed by atoms with Gasteiger partial charge >= 0.3 is 0 Å². The number of amides is 2. The van der Waals surface area contributed by atoms with Crippen molar-refractivity contribution in [1.29, 1.82) is 0 Å². The van der Waals surface area contributed by atoms with Gasteiger partial charge in [0.2, 0.25) is 5.91 Å². The Bertz CT molecular complexity index is 1170. The number of hydrogen-bond donors (Lipinski definition) is 2. The number of nitrogens with zero attached hydrogens (tertiary/aromatic N) is 3. The number of anilines is 1. The molecular formula is C24H23N5O2. The van der Waals surface area contributed by atoms with Crippen LogP contribution in [0.3, 0.4) is 0 Å². The SMILES string of the molecule is Cc1ccc(C)n1-c1ccc(C(=O)NCC(=O)Nc2ccc(-n3cccn3)cc2)cc1. The quantitative estimate of drug-likeness (QED) is 0.506. The van der Waals surface area contributed by atoms with Gasteiger partial charge in [0.25, 0.3) is 5.91 Å². The Balaban J connectivity index is 1.31. The third-order valence-electron chi connectivity index (χ3n) is 4.99. The topological polar surface area (TPSA) is 81.0 Å². The summed E-state index contributed by atoms with van der Waals surface area (Å²) < 4.78 is 3.85. The molecule has 0 saturated carbocycles. The van der Waals surface area contributed by atoms with Crippen molar-refractivity contribution in [3.8, 4) is 11.4 Å². The van der Waals surface area contributed by atoms with Crippen LogP contribution in [0.4, 0.5) is 5.69 Å². The molecule has 4 aromatic rings. The van der Waals surface area contributed by atoms with Gasteiger partial charge < -0.3 is 15.2 Å². The molecule has 0 aliphatic carbocycles. The maximum atomic E-state index is 12.4. The molecule has 0 aliphatic rings. The average Bonchev–Trinajstić information content (AvgIpc) is 3.43. The first kappa shape index (κ1) is 20.2. The van der Waals surface area contributed by atoms with Crippen molar-refractivity contribution in [3.05, 3.63) is 96.1 Å². The van der Waals surface area contributed by atoms with Crippen molar-refractivity contribution in [2.24, 2.45) is 0 Å². The first-order valence-electron chi connectivity index (χ1n) is 9.95. The third-order valence-corrected chi connectivity index (χ3v) is 4.99. The summed E-state index contributed by atoms with van der Waals surface area (Å²) in [5.41, 5.74) is 5.30. The number of nitrogens with one attached hydrogen (secondary N) is 2. The molecule has 7 heteroatoms. The predicted octanol–water partition coefficient (Wildman–Crippen LogP) is 3.65. The van der Waals surface area contributed by atoms with E-state index in [1.165, 1.54) is 0 Å². The van der Waals surface area contributed by atoms with E-state index >= 15 is 0 Å². The molecule has 156 valence electrons. The molecule has 0 saturated heterocycles. The number of aromatic nitrogens is 3. The van der Waals surface area contributed by atoms with Gasteiger partial charge in [0.05, 0.1) is 12.2 Å². The van der Waals surface area contributed by atoms with Crippen LogP contribution in [0.25, 0.3) is 11.4 Å². The van der Waals surface area contributed by atoms with Crippen LogP contribution in [0.2, 0.25) is 0 Å². The summed E-state index contributed by atoms with van der Waals surface area (Å²) in [6.07, 6.45) is 3.55. The Labute approximate surface area is 180 Å². The monoisotopic (exact) mass is 413 g/mol. The molecule has 4 rings (SSSR count). The highest BCUT2D eigenvalue weighted by molar-refractivity contribution is 5.99. The van der Waals surface area contributed by atoms with Crippen LogP contribution < -0.4 is 10.6 Å². The van der Waals surface area contributed by atoms with Gasteiger partial charge in [0, 0.05) is 40.7 Å². The highest BCUT2D eigenvalue weighted by Crippen LogP contribution is 2.17. The van der Waals surface area contributed by atoms with Gasteiger partial charge in [0.1, 0.15) is 0 Å². The number of benzene rings is 2. The van der Waals surface area contributed by atoms with Crippen LogP contribution in [0.15, 0.2) is 79.1 Å². The smallest absolute Gasteiger partial charge is 0.251 e. The number of aryl methyl sites for hydroxylation is 2. The van der Waals surface area contributed by atoms with Gasteiger partial charge in [-0.3, -0.25) is 9.59 Å². The van der Waals surface area contributed by atoms with E-state index < -0.39 is 0 Å². The largest absolute Gasteiger partial charge is 0.343 e. The maximum Gasteiger partial charge on any atom is 0.251 e. The normalized spacial score (nSPS) is 10.6. The summed E-state index contributed by atoms with van der Waals surface area (Å²) in [7, 11) is 0. The molecule has 0 atom stereocenters. The summed E-state index contributed by atoms with van der Waals surface area (Å²) in [5, 5.41) is 9.60. The van der Waals surface area contributed by atoms with E-state index in [9.17, 15) is 9.59 Å². The summed E-state index contributed by atoms with van der Waals surface area (Å²) in [6, 6.07) is 20.6. The van der Waals surface area contributed by atoms with E-state index in [4.69, 9.17) is 0 Å². The Morgan fingerprint density at radius 1 is 0.871 bits per heavy atom. The third kappa shape index (κ3) is 4.56. The van der Waals surface area contributed by atoms with Gasteiger partial charge in [-0.15, -0.1) is 0 Å². The number of carbonyl (C=O) groups is 2. The first-order chi connectivity index (χ1) is 15.0. The second kappa shape index (κ2) is 8.71. The van der Waals surface area contributed by atoms with Crippen molar-refractivity contribution in [1.82, 2.24) is 19.7 Å². The molecule has 2 aromatic heterocycles. The van der Waals surface area contributed by atoms with Gasteiger partial charge in [-0.05, 0) is 80.6 Å². The molecule has 0 radical (unpaired) electrons. The van der Waals surface area contributed by atoms with E-state index in [-0.39, 0.29) is 18.4 Å². The van der Waals surface area contributed by atoms with Crippen LogP contribution >= 0.6 is 0 Å². The fraction of sp³-hybridized carbons (Fsp3) is 0.125. The summed E-state index contributed by atoms with van der Waals surface area (Å²) in [6.45, 7) is 3.96. The van der Waals surface area contributed by atoms with Crippen molar-refractivity contribution in [2.75, 3.05) is 11.9 Å². The number of carbonyl (C=O) groups excluding carboxylic acids is 2. The molecule has 7 nitrogen and oxygen atoms in total. The minimum Gasteiger partial charge on any atom is -0.343 e. The summed E-state index contributed by atoms with van der Waals surface area (Å²) in [5.74, 6) is -0.591. The van der Waals surface area contributed by atoms with Gasteiger partial charge in [0.15, 0.2) is 0 Å². The molecule has 0 spiro atoms. The maximum absolute atomic E-state index is 12.4. The van der Waals surface area contributed by atoms with E-state index in [0.29, 0.717) is 11.3 Å². The minimum absolute atomic E-state index is 0.114. The zero-order valence-corrected chi connectivity index (χ0v) is 17.4. The Hall–Kier alpha value is -4.13. The van der Waals surface area contributed by atoms with Crippen LogP contribution in [0.5, 0.6) is 0 Å². The van der Waals surface area contributed by atoms with Crippen LogP contribution in [0, 0.1) is 13.8 Å². The van der Waals surface area contributed by atoms with Crippen LogP contribution in [-0.2, 0) is 4.79 Å². The molecule has 2 N–H and O–H groups in total. The van der Waals surface area contributed by atoms with Crippen molar-refractivity contribution in [3.63, 3.8) is 0 Å². The molecular weight excluding hydrogens is 390 g/mol. The van der Waals surface area contributed by atoms with Gasteiger partial charge in [-0.2, -0.15) is 5.10 Å². The predicted molar refractivity (Wildman–Crippen MR) is 120 cm³/mol. The molecule has 2 amide bonds. The van der Waals surface area contributed by atoms with Crippen molar-refractivity contribution in [2.45, 2.75) is 13.8 Å². The Morgan fingerprint density at radius 3 is 2.13 bits per heavy atom. The summed E-state index contributed by atoms with van der Waals surface area (Å²) in [4.78, 5) is 24.6. The number of rotatable bonds is 6. The molecule has 0 aliphatic heterocycles. The zero-order valence-electron chi connectivity index (χ0n) is 17.4. The van der Waals surface area contributed by atoms with Gasteiger partial charge in [-0.1, -0.05) is 0 Å². The summed E-state index contributed by atoms with van der Waals surface area (Å²) >= 11 is 0. The van der Waals surface area contributed by atoms with Gasteiger partial charge in [-0.25, -0.2) is 4.68 Å². The average molecular weight is 413 g/mol. The fourth-order valence-corrected chi connectivity index (χ4v) is 3.42. The second-order valence-electron chi connectivity index (χ2n) is 7.23. The van der Waals surface area contributed by atoms with Crippen LogP contribution in [-0.4, -0.2) is 32.7 Å². The highest BCUT2D eigenvalue weighted by Gasteiger charge is 2.10. The highest BCUT2D eigenvalue weighted by atomic mass is 16.2.